The Morgan fingerprint density at radius 3 is 2.88 bits per heavy atom. The van der Waals surface area contributed by atoms with E-state index in [2.05, 4.69) is 5.16 Å². The molecule has 5 heteroatoms. The molecule has 1 aromatic carbocycles. The predicted molar refractivity (Wildman–Crippen MR) is 57.0 cm³/mol. The van der Waals surface area contributed by atoms with E-state index in [0.29, 0.717) is 17.0 Å². The van der Waals surface area contributed by atoms with E-state index in [4.69, 9.17) is 15.0 Å². The van der Waals surface area contributed by atoms with Crippen molar-refractivity contribution in [2.45, 2.75) is 0 Å². The monoisotopic (exact) mass is 218 g/mol. The number of rotatable bonds is 3. The van der Waals surface area contributed by atoms with Gasteiger partial charge in [0.2, 0.25) is 0 Å². The van der Waals surface area contributed by atoms with Crippen LogP contribution in [0.25, 0.3) is 11.3 Å². The van der Waals surface area contributed by atoms with Gasteiger partial charge in [-0.1, -0.05) is 17.3 Å². The van der Waals surface area contributed by atoms with Crippen LogP contribution in [0.2, 0.25) is 0 Å². The molecule has 82 valence electrons. The van der Waals surface area contributed by atoms with Crippen molar-refractivity contribution >= 4 is 5.91 Å². The van der Waals surface area contributed by atoms with E-state index in [1.54, 1.807) is 19.2 Å². The van der Waals surface area contributed by atoms with Gasteiger partial charge in [0, 0.05) is 5.56 Å². The number of benzene rings is 1. The molecule has 0 saturated heterocycles. The summed E-state index contributed by atoms with van der Waals surface area (Å²) in [6, 6.07) is 7.20. The zero-order chi connectivity index (χ0) is 11.5. The summed E-state index contributed by atoms with van der Waals surface area (Å²) in [7, 11) is 1.54. The number of methoxy groups -OCH3 is 1. The van der Waals surface area contributed by atoms with Crippen molar-refractivity contribution < 1.29 is 14.1 Å². The highest BCUT2D eigenvalue weighted by Crippen LogP contribution is 2.30. The SMILES string of the molecule is COc1ccccc1-c1nocc1C(N)=O. The molecule has 2 aromatic rings. The number of para-hydroxylation sites is 1. The first-order chi connectivity index (χ1) is 7.74. The number of hydrogen-bond acceptors (Lipinski definition) is 4. The smallest absolute Gasteiger partial charge is 0.254 e. The molecule has 0 fully saturated rings. The van der Waals surface area contributed by atoms with Crippen molar-refractivity contribution in [1.29, 1.82) is 0 Å². The van der Waals surface area contributed by atoms with Gasteiger partial charge in [-0.3, -0.25) is 4.79 Å². The summed E-state index contributed by atoms with van der Waals surface area (Å²) >= 11 is 0. The van der Waals surface area contributed by atoms with E-state index in [0.717, 1.165) is 0 Å². The summed E-state index contributed by atoms with van der Waals surface area (Å²) in [4.78, 5) is 11.1. The third kappa shape index (κ3) is 1.63. The molecule has 0 radical (unpaired) electrons. The fourth-order valence-corrected chi connectivity index (χ4v) is 1.45. The summed E-state index contributed by atoms with van der Waals surface area (Å²) in [5.74, 6) is 0.0288. The van der Waals surface area contributed by atoms with Crippen LogP contribution < -0.4 is 10.5 Å². The number of nitrogens with zero attached hydrogens (tertiary/aromatic N) is 1. The van der Waals surface area contributed by atoms with Crippen LogP contribution in [0.5, 0.6) is 5.75 Å². The van der Waals surface area contributed by atoms with Crippen molar-refractivity contribution in [1.82, 2.24) is 5.16 Å². The average molecular weight is 218 g/mol. The van der Waals surface area contributed by atoms with Gasteiger partial charge < -0.3 is 15.0 Å². The van der Waals surface area contributed by atoms with Gasteiger partial charge >= 0.3 is 0 Å². The zero-order valence-electron chi connectivity index (χ0n) is 8.64. The zero-order valence-corrected chi connectivity index (χ0v) is 8.64. The standard InChI is InChI=1S/C11H10N2O3/c1-15-9-5-3-2-4-7(9)10-8(11(12)14)6-16-13-10/h2-6H,1H3,(H2,12,14). The molecule has 0 saturated carbocycles. The Balaban J connectivity index is 2.58. The van der Waals surface area contributed by atoms with Gasteiger partial charge in [0.05, 0.1) is 7.11 Å². The minimum absolute atomic E-state index is 0.240. The molecule has 0 aliphatic heterocycles. The number of hydrogen-bond donors (Lipinski definition) is 1. The topological polar surface area (TPSA) is 78.3 Å². The van der Waals surface area contributed by atoms with Gasteiger partial charge in [-0.05, 0) is 12.1 Å². The lowest BCUT2D eigenvalue weighted by molar-refractivity contribution is 0.1000. The maximum absolute atomic E-state index is 11.1. The molecule has 1 aromatic heterocycles. The fraction of sp³-hybridized carbons (Fsp3) is 0.0909. The van der Waals surface area contributed by atoms with Gasteiger partial charge in [0.1, 0.15) is 23.3 Å². The minimum atomic E-state index is -0.581. The van der Waals surface area contributed by atoms with Crippen LogP contribution in [0.4, 0.5) is 0 Å². The number of primary amides is 1. The quantitative estimate of drug-likeness (QED) is 0.845. The average Bonchev–Trinajstić information content (AvgIpc) is 2.77. The Kier molecular flexibility index (Phi) is 2.59. The third-order valence-corrected chi connectivity index (χ3v) is 2.20. The third-order valence-electron chi connectivity index (χ3n) is 2.20. The molecule has 0 aliphatic rings. The molecule has 2 N–H and O–H groups in total. The molecule has 1 amide bonds. The molecular weight excluding hydrogens is 208 g/mol. The van der Waals surface area contributed by atoms with Gasteiger partial charge in [-0.15, -0.1) is 0 Å². The summed E-state index contributed by atoms with van der Waals surface area (Å²) in [6.07, 6.45) is 1.23. The molecule has 2 rings (SSSR count). The van der Waals surface area contributed by atoms with E-state index in [9.17, 15) is 4.79 Å². The highest BCUT2D eigenvalue weighted by atomic mass is 16.5. The van der Waals surface area contributed by atoms with Crippen LogP contribution in [0.3, 0.4) is 0 Å². The minimum Gasteiger partial charge on any atom is -0.496 e. The van der Waals surface area contributed by atoms with E-state index in [-0.39, 0.29) is 5.56 Å². The lowest BCUT2D eigenvalue weighted by atomic mass is 10.1. The number of aromatic nitrogens is 1. The molecule has 5 nitrogen and oxygen atoms in total. The van der Waals surface area contributed by atoms with Crippen LogP contribution >= 0.6 is 0 Å². The second-order valence-electron chi connectivity index (χ2n) is 3.14. The maximum atomic E-state index is 11.1. The summed E-state index contributed by atoms with van der Waals surface area (Å²) in [6.45, 7) is 0. The van der Waals surface area contributed by atoms with Crippen molar-refractivity contribution in [3.8, 4) is 17.0 Å². The maximum Gasteiger partial charge on any atom is 0.254 e. The van der Waals surface area contributed by atoms with Crippen LogP contribution in [-0.2, 0) is 0 Å². The molecule has 0 unspecified atom stereocenters. The van der Waals surface area contributed by atoms with Gasteiger partial charge in [-0.25, -0.2) is 0 Å². The second kappa shape index (κ2) is 4.06. The Labute approximate surface area is 91.8 Å². The van der Waals surface area contributed by atoms with Crippen molar-refractivity contribution in [3.63, 3.8) is 0 Å². The van der Waals surface area contributed by atoms with Crippen molar-refractivity contribution in [2.24, 2.45) is 5.73 Å². The molecule has 0 bridgehead atoms. The van der Waals surface area contributed by atoms with Crippen LogP contribution in [0.15, 0.2) is 35.1 Å². The molecule has 0 atom stereocenters. The highest BCUT2D eigenvalue weighted by molar-refractivity contribution is 5.99. The molecule has 1 heterocycles. The number of carbonyl (C=O) groups is 1. The molecule has 0 spiro atoms. The Morgan fingerprint density at radius 2 is 2.19 bits per heavy atom. The predicted octanol–water partition coefficient (Wildman–Crippen LogP) is 1.45. The van der Waals surface area contributed by atoms with E-state index in [1.165, 1.54) is 6.26 Å². The number of ether oxygens (including phenoxy) is 1. The summed E-state index contributed by atoms with van der Waals surface area (Å²) in [5, 5.41) is 3.76. The van der Waals surface area contributed by atoms with Crippen LogP contribution in [0.1, 0.15) is 10.4 Å². The van der Waals surface area contributed by atoms with Crippen LogP contribution in [-0.4, -0.2) is 18.2 Å². The Morgan fingerprint density at radius 1 is 1.44 bits per heavy atom. The normalized spacial score (nSPS) is 10.1. The molecular formula is C11H10N2O3. The van der Waals surface area contributed by atoms with E-state index >= 15 is 0 Å². The summed E-state index contributed by atoms with van der Waals surface area (Å²) in [5.41, 5.74) is 6.52. The van der Waals surface area contributed by atoms with Crippen molar-refractivity contribution in [2.75, 3.05) is 7.11 Å². The first-order valence-corrected chi connectivity index (χ1v) is 4.61. The lowest BCUT2D eigenvalue weighted by Crippen LogP contribution is -2.11. The summed E-state index contributed by atoms with van der Waals surface area (Å²) < 4.78 is 9.92. The fourth-order valence-electron chi connectivity index (χ4n) is 1.45. The number of carbonyl (C=O) groups excluding carboxylic acids is 1. The Hall–Kier alpha value is -2.30. The number of amides is 1. The van der Waals surface area contributed by atoms with E-state index < -0.39 is 5.91 Å². The lowest BCUT2D eigenvalue weighted by Gasteiger charge is -2.05. The Bertz CT molecular complexity index is 519. The molecule has 0 aliphatic carbocycles. The second-order valence-corrected chi connectivity index (χ2v) is 3.14. The first-order valence-electron chi connectivity index (χ1n) is 4.61. The first kappa shape index (κ1) is 10.2. The highest BCUT2D eigenvalue weighted by Gasteiger charge is 2.17. The van der Waals surface area contributed by atoms with Gasteiger partial charge in [0.15, 0.2) is 0 Å². The van der Waals surface area contributed by atoms with Crippen LogP contribution in [0, 0.1) is 0 Å². The van der Waals surface area contributed by atoms with E-state index in [1.807, 2.05) is 12.1 Å². The van der Waals surface area contributed by atoms with Gasteiger partial charge in [-0.2, -0.15) is 0 Å². The van der Waals surface area contributed by atoms with Crippen molar-refractivity contribution in [3.05, 3.63) is 36.1 Å². The molecule has 16 heavy (non-hydrogen) atoms. The van der Waals surface area contributed by atoms with Gasteiger partial charge in [0.25, 0.3) is 5.91 Å². The number of nitrogens with two attached hydrogens (primary N) is 1. The largest absolute Gasteiger partial charge is 0.496 e.